The number of aryl methyl sites for hydroxylation is 2. The molecule has 3 aromatic rings. The van der Waals surface area contributed by atoms with Crippen LogP contribution < -0.4 is 15.1 Å². The SMILES string of the molecule is COc1ccccc1N1CCN(C(=O)c2cn3c4c(cc(Br)cc4c2=O)CC3)CC1. The molecule has 0 unspecified atom stereocenters. The highest BCUT2D eigenvalue weighted by Gasteiger charge is 2.27. The lowest BCUT2D eigenvalue weighted by molar-refractivity contribution is 0.0745. The molecule has 154 valence electrons. The summed E-state index contributed by atoms with van der Waals surface area (Å²) in [6.45, 7) is 3.33. The summed E-state index contributed by atoms with van der Waals surface area (Å²) < 4.78 is 8.40. The molecule has 2 aliphatic rings. The zero-order valence-corrected chi connectivity index (χ0v) is 18.3. The molecule has 1 aromatic heterocycles. The first-order valence-corrected chi connectivity index (χ1v) is 10.9. The van der Waals surface area contributed by atoms with Crippen LogP contribution in [0.2, 0.25) is 0 Å². The molecule has 0 aliphatic carbocycles. The summed E-state index contributed by atoms with van der Waals surface area (Å²) in [6.07, 6.45) is 2.63. The van der Waals surface area contributed by atoms with Crippen molar-refractivity contribution >= 4 is 38.4 Å². The predicted molar refractivity (Wildman–Crippen MR) is 121 cm³/mol. The van der Waals surface area contributed by atoms with Gasteiger partial charge in [-0.3, -0.25) is 9.59 Å². The first-order chi connectivity index (χ1) is 14.6. The van der Waals surface area contributed by atoms with Gasteiger partial charge in [-0.2, -0.15) is 0 Å². The van der Waals surface area contributed by atoms with E-state index in [2.05, 4.69) is 31.5 Å². The summed E-state index contributed by atoms with van der Waals surface area (Å²) in [7, 11) is 1.67. The van der Waals surface area contributed by atoms with Gasteiger partial charge in [-0.15, -0.1) is 0 Å². The van der Waals surface area contributed by atoms with Crippen LogP contribution in [0.15, 0.2) is 51.9 Å². The normalized spacial score (nSPS) is 15.7. The zero-order chi connectivity index (χ0) is 20.8. The number of benzene rings is 2. The average molecular weight is 468 g/mol. The first-order valence-electron chi connectivity index (χ1n) is 10.1. The lowest BCUT2D eigenvalue weighted by atomic mass is 10.1. The fourth-order valence-corrected chi connectivity index (χ4v) is 5.07. The average Bonchev–Trinajstić information content (AvgIpc) is 3.18. The summed E-state index contributed by atoms with van der Waals surface area (Å²) in [5.41, 5.74) is 3.23. The summed E-state index contributed by atoms with van der Waals surface area (Å²) in [5.74, 6) is 0.646. The lowest BCUT2D eigenvalue weighted by Crippen LogP contribution is -2.49. The minimum Gasteiger partial charge on any atom is -0.495 e. The molecule has 6 nitrogen and oxygen atoms in total. The first kappa shape index (κ1) is 19.2. The number of ether oxygens (including phenoxy) is 1. The Kier molecular flexibility index (Phi) is 4.77. The Bertz CT molecular complexity index is 1210. The fourth-order valence-electron chi connectivity index (χ4n) is 4.56. The van der Waals surface area contributed by atoms with E-state index < -0.39 is 0 Å². The molecule has 2 aromatic carbocycles. The minimum atomic E-state index is -0.182. The Morgan fingerprint density at radius 1 is 1.07 bits per heavy atom. The number of methoxy groups -OCH3 is 1. The lowest BCUT2D eigenvalue weighted by Gasteiger charge is -2.36. The van der Waals surface area contributed by atoms with E-state index in [4.69, 9.17) is 4.74 Å². The largest absolute Gasteiger partial charge is 0.495 e. The van der Waals surface area contributed by atoms with E-state index in [-0.39, 0.29) is 16.9 Å². The van der Waals surface area contributed by atoms with Crippen molar-refractivity contribution in [2.45, 2.75) is 13.0 Å². The molecular formula is C23H22BrN3O3. The monoisotopic (exact) mass is 467 g/mol. The molecule has 5 rings (SSSR count). The van der Waals surface area contributed by atoms with Crippen LogP contribution in [0.5, 0.6) is 5.75 Å². The number of nitrogens with zero attached hydrogens (tertiary/aromatic N) is 3. The van der Waals surface area contributed by atoms with Gasteiger partial charge in [0.1, 0.15) is 11.3 Å². The van der Waals surface area contributed by atoms with Crippen molar-refractivity contribution in [3.63, 3.8) is 0 Å². The van der Waals surface area contributed by atoms with Gasteiger partial charge in [0.05, 0.1) is 18.3 Å². The molecule has 0 saturated carbocycles. The molecule has 7 heteroatoms. The summed E-state index contributed by atoms with van der Waals surface area (Å²) in [4.78, 5) is 30.4. The second kappa shape index (κ2) is 7.47. The molecule has 2 aliphatic heterocycles. The molecule has 0 radical (unpaired) electrons. The van der Waals surface area contributed by atoms with Gasteiger partial charge in [-0.1, -0.05) is 28.1 Å². The van der Waals surface area contributed by atoms with Crippen molar-refractivity contribution in [3.05, 3.63) is 68.4 Å². The number of rotatable bonds is 3. The van der Waals surface area contributed by atoms with Gasteiger partial charge in [-0.05, 0) is 36.2 Å². The molecule has 0 atom stereocenters. The molecule has 0 bridgehead atoms. The topological polar surface area (TPSA) is 54.8 Å². The second-order valence-corrected chi connectivity index (χ2v) is 8.64. The Morgan fingerprint density at radius 3 is 2.60 bits per heavy atom. The van der Waals surface area contributed by atoms with Crippen molar-refractivity contribution in [3.8, 4) is 5.75 Å². The van der Waals surface area contributed by atoms with Crippen LogP contribution in [0.3, 0.4) is 0 Å². The van der Waals surface area contributed by atoms with Gasteiger partial charge in [0.2, 0.25) is 5.43 Å². The second-order valence-electron chi connectivity index (χ2n) is 7.73. The van der Waals surface area contributed by atoms with Gasteiger partial charge in [-0.25, -0.2) is 0 Å². The number of pyridine rings is 1. The van der Waals surface area contributed by atoms with E-state index in [1.165, 1.54) is 0 Å². The molecular weight excluding hydrogens is 446 g/mol. The third-order valence-corrected chi connectivity index (χ3v) is 6.52. The number of hydrogen-bond acceptors (Lipinski definition) is 4. The van der Waals surface area contributed by atoms with Crippen LogP contribution in [-0.2, 0) is 13.0 Å². The molecule has 1 fully saturated rings. The van der Waals surface area contributed by atoms with Crippen molar-refractivity contribution < 1.29 is 9.53 Å². The maximum absolute atomic E-state index is 13.3. The van der Waals surface area contributed by atoms with Crippen LogP contribution in [0.25, 0.3) is 10.9 Å². The van der Waals surface area contributed by atoms with Crippen LogP contribution in [0.4, 0.5) is 5.69 Å². The highest BCUT2D eigenvalue weighted by molar-refractivity contribution is 9.10. The Labute approximate surface area is 182 Å². The van der Waals surface area contributed by atoms with E-state index >= 15 is 0 Å². The number of carbonyl (C=O) groups excluding carboxylic acids is 1. The van der Waals surface area contributed by atoms with E-state index in [0.29, 0.717) is 31.6 Å². The third kappa shape index (κ3) is 3.08. The zero-order valence-electron chi connectivity index (χ0n) is 16.7. The number of hydrogen-bond donors (Lipinski definition) is 0. The van der Waals surface area contributed by atoms with Gasteiger partial charge in [0, 0.05) is 48.8 Å². The molecule has 1 saturated heterocycles. The van der Waals surface area contributed by atoms with Crippen molar-refractivity contribution in [1.29, 1.82) is 0 Å². The van der Waals surface area contributed by atoms with E-state index in [9.17, 15) is 9.59 Å². The van der Waals surface area contributed by atoms with Gasteiger partial charge in [0.25, 0.3) is 5.91 Å². The molecule has 1 amide bonds. The molecule has 0 spiro atoms. The Hall–Kier alpha value is -2.80. The van der Waals surface area contributed by atoms with Gasteiger partial charge >= 0.3 is 0 Å². The smallest absolute Gasteiger partial charge is 0.259 e. The van der Waals surface area contributed by atoms with E-state index in [1.54, 1.807) is 18.2 Å². The van der Waals surface area contributed by atoms with Crippen molar-refractivity contribution in [2.24, 2.45) is 0 Å². The van der Waals surface area contributed by atoms with E-state index in [1.807, 2.05) is 30.3 Å². The maximum Gasteiger partial charge on any atom is 0.259 e. The number of para-hydroxylation sites is 2. The quantitative estimate of drug-likeness (QED) is 0.592. The Balaban J connectivity index is 1.41. The number of piperazine rings is 1. The number of aromatic nitrogens is 1. The third-order valence-electron chi connectivity index (χ3n) is 6.06. The summed E-state index contributed by atoms with van der Waals surface area (Å²) >= 11 is 3.50. The predicted octanol–water partition coefficient (Wildman–Crippen LogP) is 3.29. The van der Waals surface area contributed by atoms with Crippen molar-refractivity contribution in [1.82, 2.24) is 9.47 Å². The van der Waals surface area contributed by atoms with Crippen LogP contribution >= 0.6 is 15.9 Å². The highest BCUT2D eigenvalue weighted by Crippen LogP contribution is 2.30. The summed E-state index contributed by atoms with van der Waals surface area (Å²) in [6, 6.07) is 11.8. The fraction of sp³-hybridized carbons (Fsp3) is 0.304. The number of halogens is 1. The number of amides is 1. The standard InChI is InChI=1S/C23H22BrN3O3/c1-30-20-5-3-2-4-19(20)25-8-10-26(11-9-25)23(29)18-14-27-7-6-15-12-16(24)13-17(21(15)27)22(18)28/h2-5,12-14H,6-11H2,1H3. The van der Waals surface area contributed by atoms with Crippen LogP contribution in [-0.4, -0.2) is 48.7 Å². The van der Waals surface area contributed by atoms with Gasteiger partial charge in [0.15, 0.2) is 0 Å². The highest BCUT2D eigenvalue weighted by atomic mass is 79.9. The minimum absolute atomic E-state index is 0.178. The molecule has 30 heavy (non-hydrogen) atoms. The van der Waals surface area contributed by atoms with E-state index in [0.717, 1.165) is 40.0 Å². The number of anilines is 1. The maximum atomic E-state index is 13.3. The summed E-state index contributed by atoms with van der Waals surface area (Å²) in [5, 5.41) is 0.621. The number of carbonyl (C=O) groups is 1. The van der Waals surface area contributed by atoms with Crippen molar-refractivity contribution in [2.75, 3.05) is 38.2 Å². The molecule has 0 N–H and O–H groups in total. The Morgan fingerprint density at radius 2 is 1.83 bits per heavy atom. The van der Waals surface area contributed by atoms with Crippen LogP contribution in [0.1, 0.15) is 15.9 Å². The van der Waals surface area contributed by atoms with Gasteiger partial charge < -0.3 is 19.1 Å². The molecule has 3 heterocycles. The van der Waals surface area contributed by atoms with Crippen LogP contribution in [0, 0.1) is 0 Å².